The van der Waals surface area contributed by atoms with Gasteiger partial charge < -0.3 is 20.1 Å². The molecule has 184 valence electrons. The normalized spacial score (nSPS) is 11.2. The van der Waals surface area contributed by atoms with Gasteiger partial charge in [0, 0.05) is 11.3 Å². The van der Waals surface area contributed by atoms with Crippen molar-refractivity contribution in [3.05, 3.63) is 89.5 Å². The van der Waals surface area contributed by atoms with Crippen molar-refractivity contribution in [1.82, 2.24) is 0 Å². The largest absolute Gasteiger partial charge is 0.495 e. The van der Waals surface area contributed by atoms with Gasteiger partial charge in [-0.15, -0.1) is 0 Å². The number of alkyl halides is 3. The predicted molar refractivity (Wildman–Crippen MR) is 127 cm³/mol. The Balaban J connectivity index is 1.72. The molecule has 0 heterocycles. The maximum absolute atomic E-state index is 12.9. The number of benzene rings is 3. The van der Waals surface area contributed by atoms with Gasteiger partial charge in [0.1, 0.15) is 23.1 Å². The molecular weight excluding hydrogens is 475 g/mol. The summed E-state index contributed by atoms with van der Waals surface area (Å²) < 4.78 is 49.5. The van der Waals surface area contributed by atoms with Crippen LogP contribution in [0.15, 0.2) is 78.4 Å². The van der Waals surface area contributed by atoms with E-state index in [1.165, 1.54) is 19.3 Å². The zero-order chi connectivity index (χ0) is 26.1. The molecule has 2 N–H and O–H groups in total. The first-order valence-corrected chi connectivity index (χ1v) is 10.5. The first-order valence-electron chi connectivity index (χ1n) is 10.5. The highest BCUT2D eigenvalue weighted by Crippen LogP contribution is 2.31. The number of amides is 2. The number of halogens is 3. The minimum absolute atomic E-state index is 0.117. The molecule has 0 unspecified atom stereocenters. The summed E-state index contributed by atoms with van der Waals surface area (Å²) in [6, 6.07) is 19.0. The van der Waals surface area contributed by atoms with Gasteiger partial charge in [-0.2, -0.15) is 18.4 Å². The SMILES string of the molecule is COc1ccccc1NC(=O)COc1ccccc1/C=C(\C#N)C(=O)Nc1cccc(C(F)(F)F)c1. The molecule has 0 spiro atoms. The number of para-hydroxylation sites is 3. The minimum Gasteiger partial charge on any atom is -0.495 e. The number of hydrogen-bond acceptors (Lipinski definition) is 5. The molecule has 0 aliphatic carbocycles. The van der Waals surface area contributed by atoms with Gasteiger partial charge in [-0.3, -0.25) is 9.59 Å². The summed E-state index contributed by atoms with van der Waals surface area (Å²) in [5.41, 5.74) is -0.651. The van der Waals surface area contributed by atoms with E-state index in [1.807, 2.05) is 0 Å². The second kappa shape index (κ2) is 11.6. The Bertz CT molecular complexity index is 1330. The molecule has 0 fully saturated rings. The quantitative estimate of drug-likeness (QED) is 0.327. The van der Waals surface area contributed by atoms with E-state index in [0.717, 1.165) is 18.2 Å². The van der Waals surface area contributed by atoms with Crippen molar-refractivity contribution < 1.29 is 32.2 Å². The van der Waals surface area contributed by atoms with Crippen LogP contribution in [-0.4, -0.2) is 25.5 Å². The topological polar surface area (TPSA) is 100 Å². The molecule has 0 aliphatic heterocycles. The van der Waals surface area contributed by atoms with Gasteiger partial charge in [-0.1, -0.05) is 36.4 Å². The van der Waals surface area contributed by atoms with Gasteiger partial charge in [0.15, 0.2) is 6.61 Å². The number of carbonyl (C=O) groups excluding carboxylic acids is 2. The number of nitriles is 1. The molecule has 0 atom stereocenters. The van der Waals surface area contributed by atoms with Gasteiger partial charge in [-0.25, -0.2) is 0 Å². The van der Waals surface area contributed by atoms with E-state index < -0.39 is 23.6 Å². The standard InChI is InChI=1S/C26H20F3N3O4/c1-35-23-12-5-3-10-21(23)32-24(33)16-36-22-11-4-2-7-17(22)13-18(15-30)25(34)31-20-9-6-8-19(14-20)26(27,28)29/h2-14H,16H2,1H3,(H,31,34)(H,32,33)/b18-13+. The second-order valence-electron chi connectivity index (χ2n) is 7.28. The molecule has 0 saturated heterocycles. The van der Waals surface area contributed by atoms with Crippen LogP contribution in [0.1, 0.15) is 11.1 Å². The van der Waals surface area contributed by atoms with Crippen molar-refractivity contribution >= 4 is 29.3 Å². The Hall–Kier alpha value is -4.78. The third-order valence-corrected chi connectivity index (χ3v) is 4.77. The van der Waals surface area contributed by atoms with E-state index in [2.05, 4.69) is 10.6 Å². The van der Waals surface area contributed by atoms with Crippen LogP contribution in [-0.2, 0) is 15.8 Å². The highest BCUT2D eigenvalue weighted by Gasteiger charge is 2.30. The highest BCUT2D eigenvalue weighted by molar-refractivity contribution is 6.09. The van der Waals surface area contributed by atoms with E-state index in [9.17, 15) is 28.0 Å². The lowest BCUT2D eigenvalue weighted by Crippen LogP contribution is -2.20. The van der Waals surface area contributed by atoms with Crippen LogP contribution in [0.25, 0.3) is 6.08 Å². The van der Waals surface area contributed by atoms with E-state index in [-0.39, 0.29) is 23.6 Å². The molecule has 36 heavy (non-hydrogen) atoms. The number of anilines is 2. The van der Waals surface area contributed by atoms with Crippen LogP contribution in [0.2, 0.25) is 0 Å². The van der Waals surface area contributed by atoms with E-state index in [1.54, 1.807) is 54.6 Å². The summed E-state index contributed by atoms with van der Waals surface area (Å²) >= 11 is 0. The molecule has 0 aliphatic rings. The molecule has 0 bridgehead atoms. The van der Waals surface area contributed by atoms with Gasteiger partial charge in [0.05, 0.1) is 18.4 Å². The number of nitrogens with one attached hydrogen (secondary N) is 2. The van der Waals surface area contributed by atoms with E-state index in [4.69, 9.17) is 9.47 Å². The lowest BCUT2D eigenvalue weighted by Gasteiger charge is -2.12. The fourth-order valence-corrected chi connectivity index (χ4v) is 3.08. The van der Waals surface area contributed by atoms with Crippen LogP contribution < -0.4 is 20.1 Å². The molecule has 3 aromatic carbocycles. The number of ether oxygens (including phenoxy) is 2. The number of carbonyl (C=O) groups is 2. The first-order chi connectivity index (χ1) is 17.2. The van der Waals surface area contributed by atoms with Crippen molar-refractivity contribution in [1.29, 1.82) is 5.26 Å². The summed E-state index contributed by atoms with van der Waals surface area (Å²) in [5.74, 6) is -0.687. The lowest BCUT2D eigenvalue weighted by atomic mass is 10.1. The Morgan fingerprint density at radius 3 is 2.36 bits per heavy atom. The molecule has 0 aromatic heterocycles. The third kappa shape index (κ3) is 6.87. The zero-order valence-corrected chi connectivity index (χ0v) is 18.9. The monoisotopic (exact) mass is 495 g/mol. The van der Waals surface area contributed by atoms with Crippen molar-refractivity contribution in [2.75, 3.05) is 24.4 Å². The number of hydrogen-bond donors (Lipinski definition) is 2. The molecule has 3 rings (SSSR count). The van der Waals surface area contributed by atoms with Crippen LogP contribution in [0, 0.1) is 11.3 Å². The maximum atomic E-state index is 12.9. The molecule has 7 nitrogen and oxygen atoms in total. The highest BCUT2D eigenvalue weighted by atomic mass is 19.4. The molecule has 0 radical (unpaired) electrons. The average Bonchev–Trinajstić information content (AvgIpc) is 2.86. The molecule has 0 saturated carbocycles. The molecular formula is C26H20F3N3O4. The van der Waals surface area contributed by atoms with Crippen LogP contribution in [0.4, 0.5) is 24.5 Å². The molecule has 10 heteroatoms. The predicted octanol–water partition coefficient (Wildman–Crippen LogP) is 5.28. The number of nitrogens with zero attached hydrogens (tertiary/aromatic N) is 1. The van der Waals surface area contributed by atoms with Crippen LogP contribution in [0.3, 0.4) is 0 Å². The first kappa shape index (κ1) is 25.8. The smallest absolute Gasteiger partial charge is 0.416 e. The number of methoxy groups -OCH3 is 1. The Kier molecular flexibility index (Phi) is 8.30. The summed E-state index contributed by atoms with van der Waals surface area (Å²) in [5, 5.41) is 14.4. The van der Waals surface area contributed by atoms with Gasteiger partial charge >= 0.3 is 6.18 Å². The van der Waals surface area contributed by atoms with Gasteiger partial charge in [0.2, 0.25) is 0 Å². The minimum atomic E-state index is -4.58. The van der Waals surface area contributed by atoms with E-state index in [0.29, 0.717) is 17.0 Å². The fraction of sp³-hybridized carbons (Fsp3) is 0.115. The van der Waals surface area contributed by atoms with Gasteiger partial charge in [-0.05, 0) is 42.5 Å². The van der Waals surface area contributed by atoms with E-state index >= 15 is 0 Å². The molecule has 2 amide bonds. The Morgan fingerprint density at radius 2 is 1.67 bits per heavy atom. The Labute approximate surface area is 204 Å². The third-order valence-electron chi connectivity index (χ3n) is 4.77. The van der Waals surface area contributed by atoms with Crippen LogP contribution >= 0.6 is 0 Å². The van der Waals surface area contributed by atoms with Crippen molar-refractivity contribution in [2.24, 2.45) is 0 Å². The summed E-state index contributed by atoms with van der Waals surface area (Å²) in [4.78, 5) is 24.9. The van der Waals surface area contributed by atoms with Crippen molar-refractivity contribution in [3.8, 4) is 17.6 Å². The van der Waals surface area contributed by atoms with Crippen molar-refractivity contribution in [3.63, 3.8) is 0 Å². The fourth-order valence-electron chi connectivity index (χ4n) is 3.08. The number of rotatable bonds is 8. The summed E-state index contributed by atoms with van der Waals surface area (Å²) in [7, 11) is 1.47. The average molecular weight is 495 g/mol. The van der Waals surface area contributed by atoms with Gasteiger partial charge in [0.25, 0.3) is 11.8 Å². The summed E-state index contributed by atoms with van der Waals surface area (Å²) in [6.45, 7) is -0.374. The zero-order valence-electron chi connectivity index (χ0n) is 18.9. The molecule has 3 aromatic rings. The second-order valence-corrected chi connectivity index (χ2v) is 7.28. The lowest BCUT2D eigenvalue weighted by molar-refractivity contribution is -0.137. The Morgan fingerprint density at radius 1 is 0.972 bits per heavy atom. The van der Waals surface area contributed by atoms with Crippen molar-refractivity contribution in [2.45, 2.75) is 6.18 Å². The van der Waals surface area contributed by atoms with Crippen LogP contribution in [0.5, 0.6) is 11.5 Å². The summed E-state index contributed by atoms with van der Waals surface area (Å²) in [6.07, 6.45) is -3.36. The maximum Gasteiger partial charge on any atom is 0.416 e.